The summed E-state index contributed by atoms with van der Waals surface area (Å²) in [6.07, 6.45) is 0.00689. The Hall–Kier alpha value is -0.0900. The molecule has 0 bridgehead atoms. The van der Waals surface area contributed by atoms with Gasteiger partial charge in [0.1, 0.15) is 0 Å². The van der Waals surface area contributed by atoms with Crippen molar-refractivity contribution in [2.45, 2.75) is 25.6 Å². The molecule has 1 N–H and O–H groups in total. The minimum absolute atomic E-state index is 0.138. The minimum Gasteiger partial charge on any atom is -0.390 e. The average Bonchev–Trinajstić information content (AvgIpc) is 2.49. The highest BCUT2D eigenvalue weighted by Gasteiger charge is 2.14. The molecule has 0 aliphatic rings. The third-order valence-electron chi connectivity index (χ3n) is 1.95. The van der Waals surface area contributed by atoms with Gasteiger partial charge in [0.15, 0.2) is 0 Å². The molecule has 2 nitrogen and oxygen atoms in total. The summed E-state index contributed by atoms with van der Waals surface area (Å²) in [5, 5.41) is 9.62. The number of aliphatic hydroxyl groups excluding tert-OH is 1. The molecule has 0 radical (unpaired) electrons. The maximum absolute atomic E-state index is 9.62. The number of halogens is 1. The van der Waals surface area contributed by atoms with Gasteiger partial charge >= 0.3 is 0 Å². The molecular formula is C9H13ClO2S. The van der Waals surface area contributed by atoms with Gasteiger partial charge in [-0.1, -0.05) is 11.6 Å². The lowest BCUT2D eigenvalue weighted by Gasteiger charge is -2.15. The quantitative estimate of drug-likeness (QED) is 0.844. The second kappa shape index (κ2) is 4.96. The van der Waals surface area contributed by atoms with E-state index in [-0.39, 0.29) is 6.10 Å². The van der Waals surface area contributed by atoms with Crippen LogP contribution in [0.2, 0.25) is 4.34 Å². The van der Waals surface area contributed by atoms with E-state index in [9.17, 15) is 5.11 Å². The van der Waals surface area contributed by atoms with Crippen LogP contribution in [0.5, 0.6) is 0 Å². The first kappa shape index (κ1) is 11.0. The van der Waals surface area contributed by atoms with Crippen LogP contribution in [0.25, 0.3) is 0 Å². The van der Waals surface area contributed by atoms with Crippen LogP contribution in [0.1, 0.15) is 11.8 Å². The van der Waals surface area contributed by atoms with Gasteiger partial charge in [-0.05, 0) is 19.1 Å². The van der Waals surface area contributed by atoms with E-state index in [4.69, 9.17) is 16.3 Å². The van der Waals surface area contributed by atoms with Crippen LogP contribution in [-0.2, 0) is 11.2 Å². The molecular weight excluding hydrogens is 208 g/mol. The molecule has 2 unspecified atom stereocenters. The number of rotatable bonds is 4. The van der Waals surface area contributed by atoms with Crippen molar-refractivity contribution in [2.75, 3.05) is 7.11 Å². The zero-order chi connectivity index (χ0) is 9.84. The fraction of sp³-hybridized carbons (Fsp3) is 0.556. The first-order valence-electron chi connectivity index (χ1n) is 4.08. The molecule has 74 valence electrons. The first-order chi connectivity index (χ1) is 6.13. The average molecular weight is 221 g/mol. The SMILES string of the molecule is COC(C)C(O)Cc1ccc(Cl)s1. The smallest absolute Gasteiger partial charge is 0.0931 e. The largest absolute Gasteiger partial charge is 0.390 e. The second-order valence-electron chi connectivity index (χ2n) is 2.92. The molecule has 0 fully saturated rings. The molecule has 0 amide bonds. The van der Waals surface area contributed by atoms with Gasteiger partial charge < -0.3 is 9.84 Å². The monoisotopic (exact) mass is 220 g/mol. The Kier molecular flexibility index (Phi) is 4.19. The summed E-state index contributed by atoms with van der Waals surface area (Å²) in [7, 11) is 1.59. The molecule has 1 aromatic rings. The Balaban J connectivity index is 2.49. The summed E-state index contributed by atoms with van der Waals surface area (Å²) in [6, 6.07) is 3.77. The van der Waals surface area contributed by atoms with Crippen molar-refractivity contribution in [1.82, 2.24) is 0 Å². The van der Waals surface area contributed by atoms with E-state index in [0.717, 1.165) is 9.21 Å². The fourth-order valence-electron chi connectivity index (χ4n) is 0.991. The highest BCUT2D eigenvalue weighted by molar-refractivity contribution is 7.16. The van der Waals surface area contributed by atoms with Crippen molar-refractivity contribution in [1.29, 1.82) is 0 Å². The standard InChI is InChI=1S/C9H13ClO2S/c1-6(12-2)8(11)5-7-3-4-9(10)13-7/h3-4,6,8,11H,5H2,1-2H3. The third-order valence-corrected chi connectivity index (χ3v) is 3.21. The molecule has 13 heavy (non-hydrogen) atoms. The Morgan fingerprint density at radius 2 is 2.31 bits per heavy atom. The van der Waals surface area contributed by atoms with Crippen LogP contribution in [0.3, 0.4) is 0 Å². The van der Waals surface area contributed by atoms with E-state index in [1.54, 1.807) is 7.11 Å². The van der Waals surface area contributed by atoms with Gasteiger partial charge in [0.25, 0.3) is 0 Å². The lowest BCUT2D eigenvalue weighted by Crippen LogP contribution is -2.26. The van der Waals surface area contributed by atoms with E-state index < -0.39 is 6.10 Å². The van der Waals surface area contributed by atoms with E-state index in [1.165, 1.54) is 11.3 Å². The summed E-state index contributed by atoms with van der Waals surface area (Å²) in [5.41, 5.74) is 0. The summed E-state index contributed by atoms with van der Waals surface area (Å²) in [5.74, 6) is 0. The third kappa shape index (κ3) is 3.27. The normalized spacial score (nSPS) is 15.7. The van der Waals surface area contributed by atoms with Crippen LogP contribution in [0.15, 0.2) is 12.1 Å². The highest BCUT2D eigenvalue weighted by atomic mass is 35.5. The lowest BCUT2D eigenvalue weighted by atomic mass is 10.1. The number of ether oxygens (including phenoxy) is 1. The zero-order valence-corrected chi connectivity index (χ0v) is 9.23. The van der Waals surface area contributed by atoms with Gasteiger partial charge in [0.2, 0.25) is 0 Å². The highest BCUT2D eigenvalue weighted by Crippen LogP contribution is 2.23. The molecule has 0 aliphatic heterocycles. The number of aliphatic hydroxyl groups is 1. The summed E-state index contributed by atoms with van der Waals surface area (Å²) in [6.45, 7) is 1.85. The molecule has 0 aliphatic carbocycles. The molecule has 1 heterocycles. The molecule has 4 heteroatoms. The van der Waals surface area contributed by atoms with Crippen LogP contribution < -0.4 is 0 Å². The van der Waals surface area contributed by atoms with Crippen LogP contribution >= 0.6 is 22.9 Å². The molecule has 2 atom stereocenters. The van der Waals surface area contributed by atoms with Crippen molar-refractivity contribution < 1.29 is 9.84 Å². The van der Waals surface area contributed by atoms with Gasteiger partial charge in [-0.2, -0.15) is 0 Å². The molecule has 0 saturated heterocycles. The predicted octanol–water partition coefficient (Wildman–Crippen LogP) is 2.34. The number of thiophene rings is 1. The van der Waals surface area contributed by atoms with Crippen molar-refractivity contribution in [2.24, 2.45) is 0 Å². The van der Waals surface area contributed by atoms with Crippen LogP contribution in [0, 0.1) is 0 Å². The van der Waals surface area contributed by atoms with Gasteiger partial charge in [-0.15, -0.1) is 11.3 Å². The zero-order valence-electron chi connectivity index (χ0n) is 7.66. The molecule has 0 aromatic carbocycles. The Bertz CT molecular complexity index is 262. The predicted molar refractivity (Wildman–Crippen MR) is 55.5 cm³/mol. The van der Waals surface area contributed by atoms with Gasteiger partial charge in [0, 0.05) is 18.4 Å². The van der Waals surface area contributed by atoms with E-state index >= 15 is 0 Å². The molecule has 1 rings (SSSR count). The van der Waals surface area contributed by atoms with E-state index in [2.05, 4.69) is 0 Å². The van der Waals surface area contributed by atoms with E-state index in [0.29, 0.717) is 6.42 Å². The minimum atomic E-state index is -0.459. The van der Waals surface area contributed by atoms with Gasteiger partial charge in [-0.25, -0.2) is 0 Å². The topological polar surface area (TPSA) is 29.5 Å². The summed E-state index contributed by atoms with van der Waals surface area (Å²) >= 11 is 7.26. The summed E-state index contributed by atoms with van der Waals surface area (Å²) in [4.78, 5) is 1.08. The maximum atomic E-state index is 9.62. The van der Waals surface area contributed by atoms with Crippen molar-refractivity contribution in [3.63, 3.8) is 0 Å². The number of hydrogen-bond donors (Lipinski definition) is 1. The maximum Gasteiger partial charge on any atom is 0.0931 e. The van der Waals surface area contributed by atoms with Crippen LogP contribution in [0.4, 0.5) is 0 Å². The molecule has 0 saturated carbocycles. The van der Waals surface area contributed by atoms with Crippen LogP contribution in [-0.4, -0.2) is 24.4 Å². The van der Waals surface area contributed by atoms with Gasteiger partial charge in [0.05, 0.1) is 16.5 Å². The Labute approximate surface area is 87.1 Å². The fourth-order valence-corrected chi connectivity index (χ4v) is 2.13. The Morgan fingerprint density at radius 1 is 1.62 bits per heavy atom. The van der Waals surface area contributed by atoms with Crippen molar-refractivity contribution in [3.8, 4) is 0 Å². The second-order valence-corrected chi connectivity index (χ2v) is 4.72. The number of hydrogen-bond acceptors (Lipinski definition) is 3. The Morgan fingerprint density at radius 3 is 2.77 bits per heavy atom. The van der Waals surface area contributed by atoms with Crippen molar-refractivity contribution >= 4 is 22.9 Å². The number of methoxy groups -OCH3 is 1. The lowest BCUT2D eigenvalue weighted by molar-refractivity contribution is 0.000790. The van der Waals surface area contributed by atoms with Crippen molar-refractivity contribution in [3.05, 3.63) is 21.3 Å². The van der Waals surface area contributed by atoms with Gasteiger partial charge in [-0.3, -0.25) is 0 Å². The molecule has 0 spiro atoms. The molecule has 1 aromatic heterocycles. The summed E-state index contributed by atoms with van der Waals surface area (Å²) < 4.78 is 5.77. The first-order valence-corrected chi connectivity index (χ1v) is 5.28. The van der Waals surface area contributed by atoms with E-state index in [1.807, 2.05) is 19.1 Å².